The molecule has 2 aromatic rings. The maximum Gasteiger partial charge on any atom is 0.305 e. The summed E-state index contributed by atoms with van der Waals surface area (Å²) in [6, 6.07) is 12.9. The Balaban J connectivity index is 1.58. The molecule has 0 spiro atoms. The number of halogens is 2. The summed E-state index contributed by atoms with van der Waals surface area (Å²) in [5, 5.41) is 19.4. The van der Waals surface area contributed by atoms with Gasteiger partial charge in [-0.05, 0) is 57.4 Å². The lowest BCUT2D eigenvalue weighted by molar-refractivity contribution is -0.138. The Morgan fingerprint density at radius 3 is 2.76 bits per heavy atom. The molecule has 10 heteroatoms. The molecular formula is C19H15BrClN3O4S. The van der Waals surface area contributed by atoms with Crippen molar-refractivity contribution in [1.82, 2.24) is 5.32 Å². The molecule has 1 atom stereocenters. The lowest BCUT2D eigenvalue weighted by atomic mass is 10.2. The molecule has 0 unspecified atom stereocenters. The van der Waals surface area contributed by atoms with Gasteiger partial charge in [-0.1, -0.05) is 35.5 Å². The number of hydrogen-bond acceptors (Lipinski definition) is 6. The van der Waals surface area contributed by atoms with Crippen molar-refractivity contribution in [2.45, 2.75) is 18.3 Å². The molecule has 1 saturated heterocycles. The maximum atomic E-state index is 11.7. The summed E-state index contributed by atoms with van der Waals surface area (Å²) < 4.78 is 6.56. The highest BCUT2D eigenvalue weighted by Gasteiger charge is 2.32. The molecule has 150 valence electrons. The minimum absolute atomic E-state index is 0.260. The van der Waals surface area contributed by atoms with Crippen LogP contribution in [0.3, 0.4) is 0 Å². The molecule has 2 aromatic carbocycles. The smallest absolute Gasteiger partial charge is 0.305 e. The zero-order valence-electron chi connectivity index (χ0n) is 14.8. The molecule has 1 aliphatic heterocycles. The van der Waals surface area contributed by atoms with E-state index in [1.54, 1.807) is 0 Å². The molecule has 1 amide bonds. The molecule has 0 radical (unpaired) electrons. The Morgan fingerprint density at radius 2 is 2.07 bits per heavy atom. The monoisotopic (exact) mass is 495 g/mol. The minimum Gasteiger partial charge on any atom is -0.488 e. The average molecular weight is 497 g/mol. The first-order valence-corrected chi connectivity index (χ1v) is 10.4. The fourth-order valence-electron chi connectivity index (χ4n) is 2.35. The number of carbonyl (C=O) groups excluding carboxylic acids is 1. The highest BCUT2D eigenvalue weighted by atomic mass is 79.9. The van der Waals surface area contributed by atoms with Crippen LogP contribution in [0, 0.1) is 0 Å². The van der Waals surface area contributed by atoms with Crippen molar-refractivity contribution < 1.29 is 19.4 Å². The number of amides is 1. The van der Waals surface area contributed by atoms with E-state index < -0.39 is 11.2 Å². The van der Waals surface area contributed by atoms with Gasteiger partial charge in [-0.15, -0.1) is 5.10 Å². The predicted molar refractivity (Wildman–Crippen MR) is 117 cm³/mol. The molecule has 0 aromatic heterocycles. The van der Waals surface area contributed by atoms with Gasteiger partial charge in [0.05, 0.1) is 17.1 Å². The van der Waals surface area contributed by atoms with E-state index in [1.165, 1.54) is 6.21 Å². The van der Waals surface area contributed by atoms with Gasteiger partial charge in [0.2, 0.25) is 5.91 Å². The summed E-state index contributed by atoms with van der Waals surface area (Å²) in [6.07, 6.45) is 1.27. The van der Waals surface area contributed by atoms with E-state index in [-0.39, 0.29) is 17.5 Å². The number of nitrogens with zero attached hydrogens (tertiary/aromatic N) is 2. The molecule has 1 aliphatic rings. The summed E-state index contributed by atoms with van der Waals surface area (Å²) in [7, 11) is 0. The first-order chi connectivity index (χ1) is 13.9. The van der Waals surface area contributed by atoms with Gasteiger partial charge in [-0.2, -0.15) is 5.10 Å². The summed E-state index contributed by atoms with van der Waals surface area (Å²) in [5.41, 5.74) is 1.77. The van der Waals surface area contributed by atoms with Gasteiger partial charge in [0.15, 0.2) is 5.17 Å². The van der Waals surface area contributed by atoms with Crippen molar-refractivity contribution in [3.8, 4) is 5.75 Å². The van der Waals surface area contributed by atoms with Crippen LogP contribution in [0.15, 0.2) is 57.1 Å². The van der Waals surface area contributed by atoms with Crippen molar-refractivity contribution >= 4 is 62.6 Å². The van der Waals surface area contributed by atoms with Crippen molar-refractivity contribution in [1.29, 1.82) is 0 Å². The molecule has 29 heavy (non-hydrogen) atoms. The van der Waals surface area contributed by atoms with Gasteiger partial charge >= 0.3 is 5.97 Å². The number of carboxylic acid groups (broad SMARTS) is 1. The fraction of sp³-hybridized carbons (Fsp3) is 0.158. The highest BCUT2D eigenvalue weighted by molar-refractivity contribution is 9.10. The van der Waals surface area contributed by atoms with E-state index in [9.17, 15) is 9.59 Å². The van der Waals surface area contributed by atoms with E-state index in [0.717, 1.165) is 27.4 Å². The number of ether oxygens (including phenoxy) is 1. The lowest BCUT2D eigenvalue weighted by Gasteiger charge is -2.09. The van der Waals surface area contributed by atoms with Crippen LogP contribution in [0.5, 0.6) is 5.75 Å². The summed E-state index contributed by atoms with van der Waals surface area (Å²) in [4.78, 5) is 22.4. The zero-order valence-corrected chi connectivity index (χ0v) is 18.0. The molecule has 1 heterocycles. The molecule has 1 fully saturated rings. The fourth-order valence-corrected chi connectivity index (χ4v) is 3.90. The summed E-state index contributed by atoms with van der Waals surface area (Å²) in [6.45, 7) is 0.408. The van der Waals surface area contributed by atoms with Crippen molar-refractivity contribution in [3.05, 3.63) is 63.1 Å². The number of carbonyl (C=O) groups is 2. The largest absolute Gasteiger partial charge is 0.488 e. The predicted octanol–water partition coefficient (Wildman–Crippen LogP) is 4.08. The average Bonchev–Trinajstić information content (AvgIpc) is 3.01. The maximum absolute atomic E-state index is 11.7. The van der Waals surface area contributed by atoms with Gasteiger partial charge in [-0.3, -0.25) is 9.59 Å². The standard InChI is InChI=1S/C19H15BrClN3O4S/c20-14-7-12(3-6-15(14)28-10-11-1-4-13(21)5-2-11)9-22-24-19-23-18(27)16(29-19)8-17(25)26/h1-7,9,16H,8,10H2,(H,25,26)(H,23,24,27)/b22-9-/t16-/m0/s1. The lowest BCUT2D eigenvalue weighted by Crippen LogP contribution is -2.26. The Morgan fingerprint density at radius 1 is 1.31 bits per heavy atom. The SMILES string of the molecule is O=C(O)C[C@@H]1S/C(=N\N=C/c2ccc(OCc3ccc(Cl)cc3)c(Br)c2)NC1=O. The van der Waals surface area contributed by atoms with Crippen LogP contribution in [-0.2, 0) is 16.2 Å². The van der Waals surface area contributed by atoms with Crippen LogP contribution in [0.25, 0.3) is 0 Å². The van der Waals surface area contributed by atoms with Gasteiger partial charge in [-0.25, -0.2) is 0 Å². The van der Waals surface area contributed by atoms with Gasteiger partial charge in [0.25, 0.3) is 0 Å². The Labute approximate surface area is 184 Å². The van der Waals surface area contributed by atoms with E-state index >= 15 is 0 Å². The van der Waals surface area contributed by atoms with E-state index in [4.69, 9.17) is 21.4 Å². The highest BCUT2D eigenvalue weighted by Crippen LogP contribution is 2.27. The first-order valence-electron chi connectivity index (χ1n) is 8.38. The third-order valence-corrected chi connectivity index (χ3v) is 5.70. The Hall–Kier alpha value is -2.36. The van der Waals surface area contributed by atoms with Crippen molar-refractivity contribution in [2.24, 2.45) is 10.2 Å². The molecule has 0 bridgehead atoms. The number of benzene rings is 2. The second-order valence-corrected chi connectivity index (χ2v) is 8.43. The normalized spacial score (nSPS) is 17.7. The Kier molecular flexibility index (Phi) is 7.29. The van der Waals surface area contributed by atoms with Gasteiger partial charge in [0, 0.05) is 5.02 Å². The number of thioether (sulfide) groups is 1. The summed E-state index contributed by atoms with van der Waals surface area (Å²) in [5.74, 6) is -0.736. The van der Waals surface area contributed by atoms with Crippen LogP contribution >= 0.6 is 39.3 Å². The van der Waals surface area contributed by atoms with E-state index in [0.29, 0.717) is 17.4 Å². The minimum atomic E-state index is -1.04. The molecular weight excluding hydrogens is 482 g/mol. The number of carboxylic acids is 1. The number of aliphatic carboxylic acids is 1. The molecule has 7 nitrogen and oxygen atoms in total. The first kappa shape index (κ1) is 21.4. The number of rotatable bonds is 7. The number of amidine groups is 1. The third kappa shape index (κ3) is 6.31. The number of hydrogen-bond donors (Lipinski definition) is 2. The van der Waals surface area contributed by atoms with Crippen molar-refractivity contribution in [3.63, 3.8) is 0 Å². The van der Waals surface area contributed by atoms with Crippen LogP contribution < -0.4 is 10.1 Å². The molecule has 2 N–H and O–H groups in total. The van der Waals surface area contributed by atoms with E-state index in [2.05, 4.69) is 31.4 Å². The van der Waals surface area contributed by atoms with Crippen LogP contribution in [0.4, 0.5) is 0 Å². The van der Waals surface area contributed by atoms with Crippen molar-refractivity contribution in [2.75, 3.05) is 0 Å². The summed E-state index contributed by atoms with van der Waals surface area (Å²) >= 11 is 10.4. The molecule has 3 rings (SSSR count). The zero-order chi connectivity index (χ0) is 20.8. The molecule has 0 saturated carbocycles. The van der Waals surface area contributed by atoms with Gasteiger partial charge < -0.3 is 15.2 Å². The van der Waals surface area contributed by atoms with Crippen LogP contribution in [0.2, 0.25) is 5.02 Å². The van der Waals surface area contributed by atoms with Gasteiger partial charge in [0.1, 0.15) is 17.6 Å². The third-order valence-electron chi connectivity index (χ3n) is 3.76. The van der Waals surface area contributed by atoms with Crippen LogP contribution in [-0.4, -0.2) is 33.6 Å². The van der Waals surface area contributed by atoms with E-state index in [1.807, 2.05) is 42.5 Å². The Bertz CT molecular complexity index is 982. The topological polar surface area (TPSA) is 100 Å². The quantitative estimate of drug-likeness (QED) is 0.444. The number of nitrogens with one attached hydrogen (secondary N) is 1. The van der Waals surface area contributed by atoms with Crippen LogP contribution in [0.1, 0.15) is 17.5 Å². The second-order valence-electron chi connectivity index (χ2n) is 5.95. The second kappa shape index (κ2) is 9.91. The molecule has 0 aliphatic carbocycles.